The maximum Gasteiger partial charge on any atom is 0.293 e. The zero-order valence-electron chi connectivity index (χ0n) is 10.6. The fourth-order valence-electron chi connectivity index (χ4n) is 1.67. The fourth-order valence-corrected chi connectivity index (χ4v) is 2.50. The van der Waals surface area contributed by atoms with Crippen LogP contribution in [0.25, 0.3) is 6.08 Å². The van der Waals surface area contributed by atoms with E-state index in [2.05, 4.69) is 13.8 Å². The van der Waals surface area contributed by atoms with E-state index in [1.165, 1.54) is 12.6 Å². The number of amides is 2. The van der Waals surface area contributed by atoms with Crippen molar-refractivity contribution >= 4 is 29.0 Å². The molecular weight excluding hydrogens is 246 g/mol. The molecule has 0 N–H and O–H groups in total. The van der Waals surface area contributed by atoms with Crippen LogP contribution in [0.2, 0.25) is 0 Å². The molecule has 1 saturated heterocycles. The van der Waals surface area contributed by atoms with Gasteiger partial charge in [0.2, 0.25) is 0 Å². The molecule has 1 aromatic rings. The van der Waals surface area contributed by atoms with Crippen molar-refractivity contribution in [1.82, 2.24) is 4.90 Å². The number of imide groups is 1. The molecule has 0 aromatic heterocycles. The van der Waals surface area contributed by atoms with Gasteiger partial charge in [0.25, 0.3) is 11.1 Å². The van der Waals surface area contributed by atoms with E-state index in [4.69, 9.17) is 0 Å². The van der Waals surface area contributed by atoms with Crippen molar-refractivity contribution in [2.24, 2.45) is 0 Å². The predicted molar refractivity (Wildman–Crippen MR) is 74.3 cm³/mol. The van der Waals surface area contributed by atoms with Crippen LogP contribution < -0.4 is 0 Å². The molecule has 1 fully saturated rings. The van der Waals surface area contributed by atoms with Crippen LogP contribution in [0.3, 0.4) is 0 Å². The van der Waals surface area contributed by atoms with Gasteiger partial charge in [-0.3, -0.25) is 14.5 Å². The molecule has 2 rings (SSSR count). The Labute approximate surface area is 111 Å². The van der Waals surface area contributed by atoms with Gasteiger partial charge in [0, 0.05) is 7.05 Å². The van der Waals surface area contributed by atoms with Gasteiger partial charge in [0.15, 0.2) is 0 Å². The number of likely N-dealkylation sites (N-methyl/N-ethyl adjacent to an activating group) is 1. The maximum atomic E-state index is 11.7. The number of benzene rings is 1. The van der Waals surface area contributed by atoms with Gasteiger partial charge in [-0.15, -0.1) is 0 Å². The molecule has 1 heterocycles. The monoisotopic (exact) mass is 261 g/mol. The molecule has 1 aliphatic rings. The van der Waals surface area contributed by atoms with E-state index in [9.17, 15) is 9.59 Å². The van der Waals surface area contributed by atoms with Crippen LogP contribution in [0.4, 0.5) is 4.79 Å². The summed E-state index contributed by atoms with van der Waals surface area (Å²) in [6.45, 7) is 4.27. The number of rotatable bonds is 2. The van der Waals surface area contributed by atoms with E-state index in [0.29, 0.717) is 10.8 Å². The summed E-state index contributed by atoms with van der Waals surface area (Å²) in [5.74, 6) is 0.264. The number of carbonyl (C=O) groups excluding carboxylic acids is 2. The minimum absolute atomic E-state index is 0.218. The van der Waals surface area contributed by atoms with Gasteiger partial charge >= 0.3 is 0 Å². The zero-order chi connectivity index (χ0) is 13.3. The van der Waals surface area contributed by atoms with Crippen molar-refractivity contribution in [3.63, 3.8) is 0 Å². The average molecular weight is 261 g/mol. The van der Waals surface area contributed by atoms with Crippen LogP contribution >= 0.6 is 11.8 Å². The van der Waals surface area contributed by atoms with Crippen LogP contribution in [-0.4, -0.2) is 23.1 Å². The number of nitrogens with zero attached hydrogens (tertiary/aromatic N) is 1. The Morgan fingerprint density at radius 1 is 1.17 bits per heavy atom. The van der Waals surface area contributed by atoms with Gasteiger partial charge in [-0.1, -0.05) is 38.1 Å². The standard InChI is InChI=1S/C14H15NO2S/c1-9(2)11-6-4-10(5-7-11)8-12-13(16)15(3)14(17)18-12/h4-9H,1-3H3/b12-8-. The predicted octanol–water partition coefficient (Wildman–Crippen LogP) is 3.48. The lowest BCUT2D eigenvalue weighted by Gasteiger charge is -2.05. The van der Waals surface area contributed by atoms with Crippen LogP contribution in [0.5, 0.6) is 0 Å². The lowest BCUT2D eigenvalue weighted by Crippen LogP contribution is -2.22. The quantitative estimate of drug-likeness (QED) is 0.765. The fraction of sp³-hybridized carbons (Fsp3) is 0.286. The average Bonchev–Trinajstić information content (AvgIpc) is 2.58. The largest absolute Gasteiger partial charge is 0.293 e. The molecule has 0 atom stereocenters. The molecule has 0 saturated carbocycles. The first-order valence-electron chi connectivity index (χ1n) is 5.80. The Bertz CT molecular complexity index is 517. The Hall–Kier alpha value is -1.55. The highest BCUT2D eigenvalue weighted by atomic mass is 32.2. The summed E-state index contributed by atoms with van der Waals surface area (Å²) >= 11 is 0.986. The van der Waals surface area contributed by atoms with Crippen molar-refractivity contribution in [3.8, 4) is 0 Å². The molecule has 1 aromatic carbocycles. The number of thioether (sulfide) groups is 1. The summed E-state index contributed by atoms with van der Waals surface area (Å²) < 4.78 is 0. The third-order valence-corrected chi connectivity index (χ3v) is 3.85. The molecule has 0 spiro atoms. The molecular formula is C14H15NO2S. The highest BCUT2D eigenvalue weighted by Gasteiger charge is 2.31. The second-order valence-electron chi connectivity index (χ2n) is 4.56. The van der Waals surface area contributed by atoms with Crippen molar-refractivity contribution in [2.75, 3.05) is 7.05 Å². The number of hydrogen-bond donors (Lipinski definition) is 0. The first-order valence-corrected chi connectivity index (χ1v) is 6.62. The molecule has 0 aliphatic carbocycles. The molecule has 0 unspecified atom stereocenters. The number of hydrogen-bond acceptors (Lipinski definition) is 3. The molecule has 3 nitrogen and oxygen atoms in total. The minimum atomic E-state index is -0.224. The molecule has 4 heteroatoms. The van der Waals surface area contributed by atoms with E-state index < -0.39 is 0 Å². The molecule has 0 bridgehead atoms. The zero-order valence-corrected chi connectivity index (χ0v) is 11.5. The van der Waals surface area contributed by atoms with Crippen LogP contribution in [0, 0.1) is 0 Å². The van der Waals surface area contributed by atoms with Crippen LogP contribution in [0.15, 0.2) is 29.2 Å². The first-order chi connectivity index (χ1) is 8.49. The van der Waals surface area contributed by atoms with E-state index in [0.717, 1.165) is 22.2 Å². The summed E-state index contributed by atoms with van der Waals surface area (Å²) in [6, 6.07) is 8.04. The van der Waals surface area contributed by atoms with Gasteiger partial charge in [-0.05, 0) is 34.9 Å². The molecule has 18 heavy (non-hydrogen) atoms. The Balaban J connectivity index is 2.24. The summed E-state index contributed by atoms with van der Waals surface area (Å²) in [4.78, 5) is 24.7. The summed E-state index contributed by atoms with van der Waals surface area (Å²) in [6.07, 6.45) is 1.76. The van der Waals surface area contributed by atoms with E-state index in [1.807, 2.05) is 24.3 Å². The lowest BCUT2D eigenvalue weighted by atomic mass is 10.0. The van der Waals surface area contributed by atoms with Crippen molar-refractivity contribution in [2.45, 2.75) is 19.8 Å². The Morgan fingerprint density at radius 3 is 2.22 bits per heavy atom. The van der Waals surface area contributed by atoms with Gasteiger partial charge < -0.3 is 0 Å². The molecule has 0 radical (unpaired) electrons. The van der Waals surface area contributed by atoms with Crippen molar-refractivity contribution in [1.29, 1.82) is 0 Å². The second-order valence-corrected chi connectivity index (χ2v) is 5.56. The van der Waals surface area contributed by atoms with Crippen LogP contribution in [0.1, 0.15) is 30.9 Å². The third kappa shape index (κ3) is 2.48. The van der Waals surface area contributed by atoms with Gasteiger partial charge in [0.05, 0.1) is 4.91 Å². The first kappa shape index (κ1) is 12.9. The Morgan fingerprint density at radius 2 is 1.78 bits per heavy atom. The molecule has 2 amide bonds. The highest BCUT2D eigenvalue weighted by Crippen LogP contribution is 2.31. The highest BCUT2D eigenvalue weighted by molar-refractivity contribution is 8.18. The van der Waals surface area contributed by atoms with E-state index in [1.54, 1.807) is 6.08 Å². The molecule has 94 valence electrons. The topological polar surface area (TPSA) is 37.4 Å². The van der Waals surface area contributed by atoms with Crippen molar-refractivity contribution < 1.29 is 9.59 Å². The summed E-state index contributed by atoms with van der Waals surface area (Å²) in [5, 5.41) is -0.218. The second kappa shape index (κ2) is 4.98. The third-order valence-electron chi connectivity index (χ3n) is 2.89. The molecule has 1 aliphatic heterocycles. The van der Waals surface area contributed by atoms with E-state index >= 15 is 0 Å². The number of carbonyl (C=O) groups is 2. The van der Waals surface area contributed by atoms with Gasteiger partial charge in [-0.25, -0.2) is 0 Å². The summed E-state index contributed by atoms with van der Waals surface area (Å²) in [5.41, 5.74) is 2.20. The lowest BCUT2D eigenvalue weighted by molar-refractivity contribution is -0.121. The van der Waals surface area contributed by atoms with Crippen LogP contribution in [-0.2, 0) is 4.79 Å². The van der Waals surface area contributed by atoms with Gasteiger partial charge in [-0.2, -0.15) is 0 Å². The normalized spacial score (nSPS) is 18.2. The van der Waals surface area contributed by atoms with Gasteiger partial charge in [0.1, 0.15) is 0 Å². The van der Waals surface area contributed by atoms with Crippen molar-refractivity contribution in [3.05, 3.63) is 40.3 Å². The SMILES string of the molecule is CC(C)c1ccc(/C=C2\SC(=O)N(C)C2=O)cc1. The minimum Gasteiger partial charge on any atom is -0.272 e. The van der Waals surface area contributed by atoms with E-state index in [-0.39, 0.29) is 11.1 Å². The maximum absolute atomic E-state index is 11.7. The Kier molecular flexibility index (Phi) is 3.57. The smallest absolute Gasteiger partial charge is 0.272 e. The summed E-state index contributed by atoms with van der Waals surface area (Å²) in [7, 11) is 1.50.